The molecule has 0 N–H and O–H groups in total. The van der Waals surface area contributed by atoms with Crippen LogP contribution in [0.5, 0.6) is 0 Å². The topological polar surface area (TPSA) is 56.5 Å². The van der Waals surface area contributed by atoms with Gasteiger partial charge in [0.1, 0.15) is 0 Å². The molecule has 0 aromatic carbocycles. The van der Waals surface area contributed by atoms with Crippen LogP contribution in [0.1, 0.15) is 29.8 Å². The van der Waals surface area contributed by atoms with E-state index in [1.807, 2.05) is 0 Å². The molecule has 1 aromatic rings. The fraction of sp³-hybridized carbons (Fsp3) is 0.333. The summed E-state index contributed by atoms with van der Waals surface area (Å²) in [5, 5.41) is 0. The molecule has 0 atom stereocenters. The van der Waals surface area contributed by atoms with Crippen LogP contribution in [0.4, 0.5) is 0 Å². The average Bonchev–Trinajstić information content (AvgIpc) is 2.83. The first-order valence-corrected chi connectivity index (χ1v) is 5.18. The van der Waals surface area contributed by atoms with E-state index < -0.39 is 0 Å². The van der Waals surface area contributed by atoms with Gasteiger partial charge in [-0.15, -0.1) is 0 Å². The molecule has 2 rings (SSSR count). The first-order chi connectivity index (χ1) is 7.77. The Kier molecular flexibility index (Phi) is 3.19. The summed E-state index contributed by atoms with van der Waals surface area (Å²) < 4.78 is 9.99. The minimum atomic E-state index is -0.290. The molecule has 0 amide bonds. The van der Waals surface area contributed by atoms with Crippen molar-refractivity contribution >= 4 is 11.6 Å². The molecular formula is C12H12O4. The number of carbonyl (C=O) groups excluding carboxylic acids is 2. The summed E-state index contributed by atoms with van der Waals surface area (Å²) in [5.41, 5.74) is 0.589. The fourth-order valence-electron chi connectivity index (χ4n) is 1.55. The van der Waals surface area contributed by atoms with Crippen LogP contribution in [0.3, 0.4) is 0 Å². The molecule has 16 heavy (non-hydrogen) atoms. The molecule has 4 nitrogen and oxygen atoms in total. The third-order valence-corrected chi connectivity index (χ3v) is 2.41. The van der Waals surface area contributed by atoms with Crippen LogP contribution in [0, 0.1) is 0 Å². The van der Waals surface area contributed by atoms with Gasteiger partial charge in [-0.2, -0.15) is 0 Å². The number of hydrogen-bond donors (Lipinski definition) is 0. The van der Waals surface area contributed by atoms with E-state index in [0.29, 0.717) is 18.6 Å². The molecule has 1 aromatic heterocycles. The van der Waals surface area contributed by atoms with Gasteiger partial charge >= 0.3 is 0 Å². The maximum Gasteiger partial charge on any atom is 0.205 e. The summed E-state index contributed by atoms with van der Waals surface area (Å²) in [5.74, 6) is -0.242. The first-order valence-electron chi connectivity index (χ1n) is 5.18. The van der Waals surface area contributed by atoms with Gasteiger partial charge in [0.25, 0.3) is 0 Å². The van der Waals surface area contributed by atoms with Crippen LogP contribution >= 0.6 is 0 Å². The quantitative estimate of drug-likeness (QED) is 0.576. The Morgan fingerprint density at radius 2 is 2.19 bits per heavy atom. The summed E-state index contributed by atoms with van der Waals surface area (Å²) in [4.78, 5) is 23.3. The van der Waals surface area contributed by atoms with Crippen molar-refractivity contribution in [1.82, 2.24) is 0 Å². The third kappa shape index (κ3) is 2.39. The molecule has 4 heteroatoms. The minimum Gasteiger partial charge on any atom is -0.501 e. The Balaban J connectivity index is 1.97. The summed E-state index contributed by atoms with van der Waals surface area (Å²) in [6, 6.07) is 3.18. The molecule has 1 aliphatic heterocycles. The fourth-order valence-corrected chi connectivity index (χ4v) is 1.55. The molecule has 0 radical (unpaired) electrons. The molecule has 0 aliphatic carbocycles. The van der Waals surface area contributed by atoms with Crippen LogP contribution in [-0.4, -0.2) is 18.2 Å². The van der Waals surface area contributed by atoms with Crippen LogP contribution in [-0.2, 0) is 9.53 Å². The lowest BCUT2D eigenvalue weighted by molar-refractivity contribution is -0.115. The highest BCUT2D eigenvalue weighted by atomic mass is 16.5. The summed E-state index contributed by atoms with van der Waals surface area (Å²) >= 11 is 0. The number of ketones is 2. The van der Waals surface area contributed by atoms with Gasteiger partial charge in [0.2, 0.25) is 5.78 Å². The maximum atomic E-state index is 11.7. The Morgan fingerprint density at radius 3 is 2.81 bits per heavy atom. The summed E-state index contributed by atoms with van der Waals surface area (Å²) in [6.45, 7) is 0.642. The van der Waals surface area contributed by atoms with Crippen LogP contribution in [0.25, 0.3) is 0 Å². The summed E-state index contributed by atoms with van der Waals surface area (Å²) in [7, 11) is 0. The van der Waals surface area contributed by atoms with Crippen molar-refractivity contribution in [3.8, 4) is 0 Å². The lowest BCUT2D eigenvalue weighted by Gasteiger charge is -2.11. The van der Waals surface area contributed by atoms with E-state index in [2.05, 4.69) is 0 Å². The molecule has 0 saturated carbocycles. The predicted molar refractivity (Wildman–Crippen MR) is 55.9 cm³/mol. The standard InChI is InChI=1S/C12H12O4/c13-10(9-3-1-5-15-8-9)7-11(14)12-4-2-6-16-12/h2,4,6,8H,1,3,5,7H2. The molecule has 0 fully saturated rings. The molecule has 0 bridgehead atoms. The molecule has 1 aliphatic rings. The van der Waals surface area contributed by atoms with Crippen LogP contribution in [0.2, 0.25) is 0 Å². The number of allylic oxidation sites excluding steroid dienone is 1. The first kappa shape index (κ1) is 10.7. The van der Waals surface area contributed by atoms with E-state index >= 15 is 0 Å². The van der Waals surface area contributed by atoms with Gasteiger partial charge in [-0.1, -0.05) is 0 Å². The van der Waals surface area contributed by atoms with E-state index in [-0.39, 0.29) is 23.7 Å². The van der Waals surface area contributed by atoms with Gasteiger partial charge in [0, 0.05) is 5.57 Å². The Morgan fingerprint density at radius 1 is 1.31 bits per heavy atom. The van der Waals surface area contributed by atoms with E-state index in [1.165, 1.54) is 12.5 Å². The van der Waals surface area contributed by atoms with Gasteiger partial charge in [-0.25, -0.2) is 0 Å². The van der Waals surface area contributed by atoms with Crippen molar-refractivity contribution in [2.75, 3.05) is 6.61 Å². The predicted octanol–water partition coefficient (Wildman–Crippen LogP) is 2.12. The van der Waals surface area contributed by atoms with Gasteiger partial charge in [0.05, 0.1) is 25.6 Å². The Bertz CT molecular complexity index is 414. The molecule has 0 saturated heterocycles. The van der Waals surface area contributed by atoms with E-state index in [4.69, 9.17) is 9.15 Å². The second-order valence-corrected chi connectivity index (χ2v) is 3.62. The maximum absolute atomic E-state index is 11.7. The van der Waals surface area contributed by atoms with Gasteiger partial charge in [0.15, 0.2) is 11.5 Å². The number of ether oxygens (including phenoxy) is 1. The second kappa shape index (κ2) is 4.79. The normalized spacial score (nSPS) is 15.1. The van der Waals surface area contributed by atoms with E-state index in [0.717, 1.165) is 6.42 Å². The molecule has 84 valence electrons. The van der Waals surface area contributed by atoms with Crippen molar-refractivity contribution in [2.24, 2.45) is 0 Å². The zero-order valence-electron chi connectivity index (χ0n) is 8.77. The number of hydrogen-bond acceptors (Lipinski definition) is 4. The number of carbonyl (C=O) groups is 2. The van der Waals surface area contributed by atoms with Crippen molar-refractivity contribution < 1.29 is 18.7 Å². The van der Waals surface area contributed by atoms with Crippen LogP contribution < -0.4 is 0 Å². The van der Waals surface area contributed by atoms with Crippen LogP contribution in [0.15, 0.2) is 34.6 Å². The van der Waals surface area contributed by atoms with Gasteiger partial charge in [-0.3, -0.25) is 9.59 Å². The SMILES string of the molecule is O=C(CC(=O)c1ccco1)C1=COCCC1. The van der Waals surface area contributed by atoms with E-state index in [1.54, 1.807) is 12.1 Å². The zero-order valence-corrected chi connectivity index (χ0v) is 8.77. The van der Waals surface area contributed by atoms with Crippen molar-refractivity contribution in [2.45, 2.75) is 19.3 Å². The minimum absolute atomic E-state index is 0.150. The lowest BCUT2D eigenvalue weighted by atomic mass is 10.0. The lowest BCUT2D eigenvalue weighted by Crippen LogP contribution is -2.13. The monoisotopic (exact) mass is 220 g/mol. The third-order valence-electron chi connectivity index (χ3n) is 2.41. The van der Waals surface area contributed by atoms with Gasteiger partial charge in [-0.05, 0) is 25.0 Å². The smallest absolute Gasteiger partial charge is 0.205 e. The Labute approximate surface area is 92.9 Å². The molecule has 2 heterocycles. The molecule has 0 spiro atoms. The number of rotatable bonds is 4. The molecule has 0 unspecified atom stereocenters. The van der Waals surface area contributed by atoms with Crippen molar-refractivity contribution in [3.05, 3.63) is 36.0 Å². The highest BCUT2D eigenvalue weighted by molar-refractivity contribution is 6.12. The van der Waals surface area contributed by atoms with Gasteiger partial charge < -0.3 is 9.15 Å². The second-order valence-electron chi connectivity index (χ2n) is 3.62. The summed E-state index contributed by atoms with van der Waals surface area (Å²) in [6.07, 6.45) is 4.24. The largest absolute Gasteiger partial charge is 0.501 e. The van der Waals surface area contributed by atoms with Crippen molar-refractivity contribution in [3.63, 3.8) is 0 Å². The highest BCUT2D eigenvalue weighted by Gasteiger charge is 2.19. The average molecular weight is 220 g/mol. The number of Topliss-reactive ketones (excluding diaryl/α,β-unsaturated/α-hetero) is 2. The van der Waals surface area contributed by atoms with Crippen molar-refractivity contribution in [1.29, 1.82) is 0 Å². The van der Waals surface area contributed by atoms with E-state index in [9.17, 15) is 9.59 Å². The zero-order chi connectivity index (χ0) is 11.4. The number of furan rings is 1. The molecular weight excluding hydrogens is 208 g/mol. The Hall–Kier alpha value is -1.84. The highest BCUT2D eigenvalue weighted by Crippen LogP contribution is 2.15.